The summed E-state index contributed by atoms with van der Waals surface area (Å²) in [5, 5.41) is 2.35. The predicted octanol–water partition coefficient (Wildman–Crippen LogP) is 5.24. The van der Waals surface area contributed by atoms with Crippen molar-refractivity contribution in [2.75, 3.05) is 4.90 Å². The normalized spacial score (nSPS) is 15.3. The minimum absolute atomic E-state index is 0.104. The van der Waals surface area contributed by atoms with Crippen LogP contribution in [-0.4, -0.2) is 16.7 Å². The second kappa shape index (κ2) is 7.75. The van der Waals surface area contributed by atoms with E-state index >= 15 is 0 Å². The Hall–Kier alpha value is -3.06. The third-order valence-electron chi connectivity index (χ3n) is 4.85. The summed E-state index contributed by atoms with van der Waals surface area (Å²) in [7, 11) is 0. The highest BCUT2D eigenvalue weighted by atomic mass is 32.1. The smallest absolute Gasteiger partial charge is 0.230 e. The Bertz CT molecular complexity index is 1080. The van der Waals surface area contributed by atoms with Crippen molar-refractivity contribution in [3.8, 4) is 5.75 Å². The predicted molar refractivity (Wildman–Crippen MR) is 109 cm³/mol. The molecule has 7 heteroatoms. The van der Waals surface area contributed by atoms with Gasteiger partial charge in [-0.25, -0.2) is 9.37 Å². The van der Waals surface area contributed by atoms with E-state index in [1.807, 2.05) is 42.6 Å². The molecule has 0 aliphatic heterocycles. The van der Waals surface area contributed by atoms with E-state index in [0.29, 0.717) is 27.7 Å². The standard InChI is InChI=1S/C22H19FN2O3S/c1-13-10-18(27)21-19(9-8-17(23)20(13)21)28-11-15-12-29-22(24-15)25(14(2)26)16-6-4-3-5-7-16/h3-9,12-13H,10-11H2,1-2H3/t13-/m0/s1. The van der Waals surface area contributed by atoms with Crippen LogP contribution in [0.3, 0.4) is 0 Å². The molecule has 0 N–H and O–H groups in total. The number of amides is 1. The molecule has 1 atom stereocenters. The molecule has 0 radical (unpaired) electrons. The number of Topliss-reactive ketones (excluding diaryl/α,β-unsaturated/α-hetero) is 1. The number of carbonyl (C=O) groups is 2. The van der Waals surface area contributed by atoms with Crippen molar-refractivity contribution in [1.29, 1.82) is 0 Å². The van der Waals surface area contributed by atoms with E-state index in [9.17, 15) is 14.0 Å². The number of para-hydroxylation sites is 1. The van der Waals surface area contributed by atoms with E-state index in [-0.39, 0.29) is 36.5 Å². The number of aromatic nitrogens is 1. The molecule has 3 aromatic rings. The van der Waals surface area contributed by atoms with Crippen LogP contribution in [0.1, 0.15) is 47.8 Å². The summed E-state index contributed by atoms with van der Waals surface area (Å²) in [4.78, 5) is 30.5. The maximum absolute atomic E-state index is 14.1. The molecule has 5 nitrogen and oxygen atoms in total. The van der Waals surface area contributed by atoms with Crippen LogP contribution in [0.15, 0.2) is 47.8 Å². The number of ketones is 1. The number of ether oxygens (including phenoxy) is 1. The number of halogens is 1. The van der Waals surface area contributed by atoms with Crippen LogP contribution >= 0.6 is 11.3 Å². The van der Waals surface area contributed by atoms with E-state index in [4.69, 9.17) is 4.74 Å². The monoisotopic (exact) mass is 410 g/mol. The number of nitrogens with zero attached hydrogens (tertiary/aromatic N) is 2. The fraction of sp³-hybridized carbons (Fsp3) is 0.227. The first-order valence-corrected chi connectivity index (χ1v) is 10.1. The molecule has 1 heterocycles. The molecule has 0 fully saturated rings. The first kappa shape index (κ1) is 19.3. The number of carbonyl (C=O) groups excluding carboxylic acids is 2. The molecule has 0 saturated heterocycles. The highest BCUT2D eigenvalue weighted by Crippen LogP contribution is 2.40. The van der Waals surface area contributed by atoms with Crippen LogP contribution in [0.2, 0.25) is 0 Å². The number of rotatable bonds is 5. The van der Waals surface area contributed by atoms with E-state index < -0.39 is 0 Å². The Morgan fingerprint density at radius 2 is 2.03 bits per heavy atom. The van der Waals surface area contributed by atoms with Gasteiger partial charge in [-0.1, -0.05) is 25.1 Å². The lowest BCUT2D eigenvalue weighted by molar-refractivity contribution is -0.115. The van der Waals surface area contributed by atoms with E-state index in [1.54, 1.807) is 0 Å². The second-order valence-corrected chi connectivity index (χ2v) is 7.80. The summed E-state index contributed by atoms with van der Waals surface area (Å²) >= 11 is 1.33. The van der Waals surface area contributed by atoms with Gasteiger partial charge < -0.3 is 4.74 Å². The minimum atomic E-state index is -0.374. The van der Waals surface area contributed by atoms with Gasteiger partial charge in [-0.2, -0.15) is 0 Å². The summed E-state index contributed by atoms with van der Waals surface area (Å²) in [6.45, 7) is 3.44. The highest BCUT2D eigenvalue weighted by Gasteiger charge is 2.32. The van der Waals surface area contributed by atoms with Crippen LogP contribution in [0.5, 0.6) is 5.75 Å². The van der Waals surface area contributed by atoms with Gasteiger partial charge in [-0.15, -0.1) is 11.3 Å². The molecule has 2 aromatic carbocycles. The van der Waals surface area contributed by atoms with Gasteiger partial charge in [0.05, 0.1) is 16.9 Å². The van der Waals surface area contributed by atoms with Gasteiger partial charge in [-0.3, -0.25) is 14.5 Å². The van der Waals surface area contributed by atoms with Crippen molar-refractivity contribution in [3.05, 3.63) is 70.5 Å². The van der Waals surface area contributed by atoms with Crippen molar-refractivity contribution >= 4 is 33.8 Å². The Morgan fingerprint density at radius 1 is 1.28 bits per heavy atom. The lowest BCUT2D eigenvalue weighted by Crippen LogP contribution is -2.22. The lowest BCUT2D eigenvalue weighted by atomic mass is 10.0. The van der Waals surface area contributed by atoms with Crippen molar-refractivity contribution in [2.45, 2.75) is 32.8 Å². The molecule has 0 saturated carbocycles. The van der Waals surface area contributed by atoms with E-state index in [2.05, 4.69) is 4.98 Å². The molecule has 1 aliphatic rings. The topological polar surface area (TPSA) is 59.5 Å². The molecule has 148 valence electrons. The maximum atomic E-state index is 14.1. The summed E-state index contributed by atoms with van der Waals surface area (Å²) in [6.07, 6.45) is 0.290. The van der Waals surface area contributed by atoms with Crippen molar-refractivity contribution in [2.24, 2.45) is 0 Å². The van der Waals surface area contributed by atoms with Gasteiger partial charge >= 0.3 is 0 Å². The summed E-state index contributed by atoms with van der Waals surface area (Å²) in [5.74, 6) is -0.401. The number of hydrogen-bond donors (Lipinski definition) is 0. The highest BCUT2D eigenvalue weighted by molar-refractivity contribution is 7.14. The maximum Gasteiger partial charge on any atom is 0.230 e. The SMILES string of the molecule is CC(=O)N(c1ccccc1)c1nc(COc2ccc(F)c3c2C(=O)C[C@@H]3C)cs1. The Kier molecular flexibility index (Phi) is 5.15. The summed E-state index contributed by atoms with van der Waals surface area (Å²) in [6, 6.07) is 12.1. The molecule has 1 aliphatic carbocycles. The third-order valence-corrected chi connectivity index (χ3v) is 5.73. The number of hydrogen-bond acceptors (Lipinski definition) is 5. The second-order valence-electron chi connectivity index (χ2n) is 6.96. The van der Waals surface area contributed by atoms with Crippen molar-refractivity contribution in [3.63, 3.8) is 0 Å². The summed E-state index contributed by atoms with van der Waals surface area (Å²) < 4.78 is 20.0. The number of thiazole rings is 1. The molecule has 0 bridgehead atoms. The van der Waals surface area contributed by atoms with Crippen LogP contribution in [0, 0.1) is 5.82 Å². The molecule has 4 rings (SSSR count). The van der Waals surface area contributed by atoms with E-state index in [1.165, 1.54) is 35.3 Å². The molecular weight excluding hydrogens is 391 g/mol. The number of anilines is 2. The molecule has 1 amide bonds. The fourth-order valence-corrected chi connectivity index (χ4v) is 4.44. The first-order chi connectivity index (χ1) is 14.0. The molecule has 1 aromatic heterocycles. The zero-order valence-electron chi connectivity index (χ0n) is 16.0. The average Bonchev–Trinajstić information content (AvgIpc) is 3.27. The molecule has 29 heavy (non-hydrogen) atoms. The van der Waals surface area contributed by atoms with Crippen LogP contribution < -0.4 is 9.64 Å². The first-order valence-electron chi connectivity index (χ1n) is 9.24. The average molecular weight is 410 g/mol. The van der Waals surface area contributed by atoms with Crippen molar-refractivity contribution < 1.29 is 18.7 Å². The summed E-state index contributed by atoms with van der Waals surface area (Å²) in [5.41, 5.74) is 2.13. The Balaban J connectivity index is 1.56. The van der Waals surface area contributed by atoms with Gasteiger partial charge in [0.25, 0.3) is 0 Å². The number of fused-ring (bicyclic) bond motifs is 1. The largest absolute Gasteiger partial charge is 0.486 e. The molecule has 0 spiro atoms. The van der Waals surface area contributed by atoms with Crippen LogP contribution in [-0.2, 0) is 11.4 Å². The Morgan fingerprint density at radius 3 is 2.76 bits per heavy atom. The molecule has 0 unspecified atom stereocenters. The van der Waals surface area contributed by atoms with E-state index in [0.717, 1.165) is 5.69 Å². The van der Waals surface area contributed by atoms with Gasteiger partial charge in [0.1, 0.15) is 18.2 Å². The van der Waals surface area contributed by atoms with Gasteiger partial charge in [0.15, 0.2) is 10.9 Å². The Labute approximate surface area is 171 Å². The minimum Gasteiger partial charge on any atom is -0.486 e. The van der Waals surface area contributed by atoms with Crippen LogP contribution in [0.4, 0.5) is 15.2 Å². The van der Waals surface area contributed by atoms with Gasteiger partial charge in [-0.05, 0) is 30.2 Å². The van der Waals surface area contributed by atoms with Crippen LogP contribution in [0.25, 0.3) is 0 Å². The zero-order valence-corrected chi connectivity index (χ0v) is 16.8. The lowest BCUT2D eigenvalue weighted by Gasteiger charge is -2.17. The fourth-order valence-electron chi connectivity index (χ4n) is 3.57. The zero-order chi connectivity index (χ0) is 20.5. The third kappa shape index (κ3) is 3.65. The number of benzene rings is 2. The quantitative estimate of drug-likeness (QED) is 0.577. The van der Waals surface area contributed by atoms with Gasteiger partial charge in [0, 0.05) is 24.3 Å². The van der Waals surface area contributed by atoms with Crippen molar-refractivity contribution in [1.82, 2.24) is 4.98 Å². The molecular formula is C22H19FN2O3S. The van der Waals surface area contributed by atoms with Gasteiger partial charge in [0.2, 0.25) is 5.91 Å².